The first-order valence-corrected chi connectivity index (χ1v) is 10.9. The molecular weight excluding hydrogens is 416 g/mol. The third-order valence-corrected chi connectivity index (χ3v) is 7.10. The summed E-state index contributed by atoms with van der Waals surface area (Å²) in [5.41, 5.74) is 1.29. The molecule has 0 atom stereocenters. The fraction of sp³-hybridized carbons (Fsp3) is 0.300. The van der Waals surface area contributed by atoms with Crippen LogP contribution < -0.4 is 5.32 Å². The average molecular weight is 437 g/mol. The van der Waals surface area contributed by atoms with Crippen LogP contribution in [0.4, 0.5) is 5.69 Å². The summed E-state index contributed by atoms with van der Waals surface area (Å²) in [6, 6.07) is 8.92. The maximum absolute atomic E-state index is 12.8. The molecule has 1 saturated heterocycles. The average Bonchev–Trinajstić information content (AvgIpc) is 3.25. The van der Waals surface area contributed by atoms with Crippen molar-refractivity contribution in [2.24, 2.45) is 0 Å². The molecule has 0 aromatic heterocycles. The summed E-state index contributed by atoms with van der Waals surface area (Å²) < 4.78 is 31.7. The minimum atomic E-state index is -3.68. The number of ether oxygens (including phenoxy) is 1. The number of benzene rings is 2. The van der Waals surface area contributed by atoms with Gasteiger partial charge in [0.05, 0.1) is 28.2 Å². The van der Waals surface area contributed by atoms with E-state index in [9.17, 15) is 18.0 Å². The number of nitrogens with one attached hydrogen (secondary N) is 1. The number of hydrogen-bond donors (Lipinski definition) is 1. The van der Waals surface area contributed by atoms with Crippen LogP contribution in [0.2, 0.25) is 5.02 Å². The molecule has 1 amide bonds. The van der Waals surface area contributed by atoms with E-state index in [1.165, 1.54) is 29.6 Å². The van der Waals surface area contributed by atoms with Crippen LogP contribution in [0.5, 0.6) is 0 Å². The molecule has 1 aliphatic heterocycles. The zero-order chi connectivity index (χ0) is 21.2. The van der Waals surface area contributed by atoms with Crippen LogP contribution in [0.3, 0.4) is 0 Å². The van der Waals surface area contributed by atoms with Gasteiger partial charge in [0.15, 0.2) is 0 Å². The Morgan fingerprint density at radius 2 is 1.79 bits per heavy atom. The third kappa shape index (κ3) is 4.29. The fourth-order valence-corrected chi connectivity index (χ4v) is 4.96. The molecule has 0 bridgehead atoms. The third-order valence-electron chi connectivity index (χ3n) is 4.87. The molecule has 7 nitrogen and oxygen atoms in total. The lowest BCUT2D eigenvalue weighted by atomic mass is 10.1. The minimum Gasteiger partial charge on any atom is -0.465 e. The Hall–Kier alpha value is -2.42. The molecule has 29 heavy (non-hydrogen) atoms. The van der Waals surface area contributed by atoms with Gasteiger partial charge in [-0.05, 0) is 55.7 Å². The molecule has 0 spiro atoms. The Morgan fingerprint density at radius 3 is 2.45 bits per heavy atom. The van der Waals surface area contributed by atoms with Gasteiger partial charge in [-0.25, -0.2) is 13.2 Å². The van der Waals surface area contributed by atoms with Crippen molar-refractivity contribution in [3.8, 4) is 0 Å². The molecule has 3 rings (SSSR count). The Labute approximate surface area is 174 Å². The van der Waals surface area contributed by atoms with Gasteiger partial charge in [0, 0.05) is 18.8 Å². The highest BCUT2D eigenvalue weighted by molar-refractivity contribution is 7.89. The van der Waals surface area contributed by atoms with Crippen molar-refractivity contribution in [3.63, 3.8) is 0 Å². The minimum absolute atomic E-state index is 0.0222. The SMILES string of the molecule is COC(=O)c1cccc(NC(=O)c2cc(S(=O)(=O)N3CCCC3)ccc2Cl)c1C. The number of carbonyl (C=O) groups is 2. The van der Waals surface area contributed by atoms with Crippen molar-refractivity contribution in [1.29, 1.82) is 0 Å². The quantitative estimate of drug-likeness (QED) is 0.724. The number of nitrogens with zero attached hydrogens (tertiary/aromatic N) is 1. The zero-order valence-corrected chi connectivity index (χ0v) is 17.6. The number of hydrogen-bond acceptors (Lipinski definition) is 5. The molecule has 2 aromatic carbocycles. The van der Waals surface area contributed by atoms with E-state index in [1.54, 1.807) is 25.1 Å². The Kier molecular flexibility index (Phi) is 6.26. The second kappa shape index (κ2) is 8.52. The van der Waals surface area contributed by atoms with Crippen LogP contribution >= 0.6 is 11.6 Å². The summed E-state index contributed by atoms with van der Waals surface area (Å²) in [7, 11) is -2.40. The van der Waals surface area contributed by atoms with Gasteiger partial charge >= 0.3 is 5.97 Å². The van der Waals surface area contributed by atoms with Crippen molar-refractivity contribution in [3.05, 3.63) is 58.1 Å². The largest absolute Gasteiger partial charge is 0.465 e. The molecule has 0 radical (unpaired) electrons. The lowest BCUT2D eigenvalue weighted by Gasteiger charge is -2.17. The summed E-state index contributed by atoms with van der Waals surface area (Å²) in [6.45, 7) is 2.61. The van der Waals surface area contributed by atoms with Crippen LogP contribution in [0, 0.1) is 6.92 Å². The number of esters is 1. The second-order valence-corrected chi connectivity index (χ2v) is 9.02. The van der Waals surface area contributed by atoms with Gasteiger partial charge in [-0.1, -0.05) is 17.7 Å². The van der Waals surface area contributed by atoms with Gasteiger partial charge in [0.1, 0.15) is 0 Å². The highest BCUT2D eigenvalue weighted by Gasteiger charge is 2.28. The lowest BCUT2D eigenvalue weighted by molar-refractivity contribution is 0.0599. The van der Waals surface area contributed by atoms with Crippen molar-refractivity contribution in [2.45, 2.75) is 24.7 Å². The number of methoxy groups -OCH3 is 1. The van der Waals surface area contributed by atoms with Crippen molar-refractivity contribution < 1.29 is 22.7 Å². The molecule has 1 aliphatic rings. The molecular formula is C20H21ClN2O5S. The number of anilines is 1. The van der Waals surface area contributed by atoms with E-state index in [-0.39, 0.29) is 15.5 Å². The zero-order valence-electron chi connectivity index (χ0n) is 16.1. The van der Waals surface area contributed by atoms with Gasteiger partial charge < -0.3 is 10.1 Å². The van der Waals surface area contributed by atoms with Crippen LogP contribution in [0.15, 0.2) is 41.3 Å². The van der Waals surface area contributed by atoms with Crippen LogP contribution in [-0.4, -0.2) is 44.8 Å². The Bertz CT molecular complexity index is 1060. The van der Waals surface area contributed by atoms with Gasteiger partial charge in [0.25, 0.3) is 5.91 Å². The van der Waals surface area contributed by atoms with E-state index in [0.29, 0.717) is 29.9 Å². The van der Waals surface area contributed by atoms with Gasteiger partial charge in [-0.15, -0.1) is 0 Å². The van der Waals surface area contributed by atoms with Crippen LogP contribution in [-0.2, 0) is 14.8 Å². The Morgan fingerprint density at radius 1 is 1.10 bits per heavy atom. The van der Waals surface area contributed by atoms with E-state index >= 15 is 0 Å². The van der Waals surface area contributed by atoms with E-state index in [2.05, 4.69) is 5.32 Å². The smallest absolute Gasteiger partial charge is 0.338 e. The molecule has 0 unspecified atom stereocenters. The highest BCUT2D eigenvalue weighted by atomic mass is 35.5. The molecule has 0 aliphatic carbocycles. The first-order chi connectivity index (χ1) is 13.8. The maximum atomic E-state index is 12.8. The normalized spacial score (nSPS) is 14.6. The summed E-state index contributed by atoms with van der Waals surface area (Å²) in [5, 5.41) is 2.82. The number of carbonyl (C=O) groups excluding carboxylic acids is 2. The van der Waals surface area contributed by atoms with Crippen LogP contribution in [0.1, 0.15) is 39.1 Å². The molecule has 1 heterocycles. The second-order valence-electron chi connectivity index (χ2n) is 6.68. The predicted octanol–water partition coefficient (Wildman–Crippen LogP) is 3.47. The Balaban J connectivity index is 1.92. The lowest BCUT2D eigenvalue weighted by Crippen LogP contribution is -2.28. The van der Waals surface area contributed by atoms with Gasteiger partial charge in [-0.2, -0.15) is 4.31 Å². The van der Waals surface area contributed by atoms with E-state index < -0.39 is 21.9 Å². The van der Waals surface area contributed by atoms with Crippen LogP contribution in [0.25, 0.3) is 0 Å². The first kappa shape index (κ1) is 21.3. The van der Waals surface area contributed by atoms with E-state index in [0.717, 1.165) is 12.8 Å². The highest BCUT2D eigenvalue weighted by Crippen LogP contribution is 2.27. The standard InChI is InChI=1S/C20H21ClN2O5S/c1-13-15(20(25)28-2)6-5-7-18(13)22-19(24)16-12-14(8-9-17(16)21)29(26,27)23-10-3-4-11-23/h5-9,12H,3-4,10-11H2,1-2H3,(H,22,24). The summed E-state index contributed by atoms with van der Waals surface area (Å²) in [6.07, 6.45) is 1.63. The number of rotatable bonds is 5. The molecule has 0 saturated carbocycles. The van der Waals surface area contributed by atoms with Crippen molar-refractivity contribution >= 4 is 39.2 Å². The number of sulfonamides is 1. The molecule has 1 fully saturated rings. The monoisotopic (exact) mass is 436 g/mol. The molecule has 1 N–H and O–H groups in total. The summed E-state index contributed by atoms with van der Waals surface area (Å²) >= 11 is 6.17. The molecule has 9 heteroatoms. The van der Waals surface area contributed by atoms with Crippen molar-refractivity contribution in [1.82, 2.24) is 4.31 Å². The summed E-state index contributed by atoms with van der Waals surface area (Å²) in [5.74, 6) is -1.09. The van der Waals surface area contributed by atoms with Gasteiger partial charge in [0.2, 0.25) is 10.0 Å². The summed E-state index contributed by atoms with van der Waals surface area (Å²) in [4.78, 5) is 24.7. The predicted molar refractivity (Wildman–Crippen MR) is 110 cm³/mol. The topological polar surface area (TPSA) is 92.8 Å². The first-order valence-electron chi connectivity index (χ1n) is 9.04. The maximum Gasteiger partial charge on any atom is 0.338 e. The number of amides is 1. The molecule has 2 aromatic rings. The fourth-order valence-electron chi connectivity index (χ4n) is 3.21. The molecule has 154 valence electrons. The van der Waals surface area contributed by atoms with E-state index in [1.807, 2.05) is 0 Å². The van der Waals surface area contributed by atoms with E-state index in [4.69, 9.17) is 16.3 Å². The van der Waals surface area contributed by atoms with Crippen molar-refractivity contribution in [2.75, 3.05) is 25.5 Å². The van der Waals surface area contributed by atoms with Gasteiger partial charge in [-0.3, -0.25) is 4.79 Å². The number of halogens is 1.